The van der Waals surface area contributed by atoms with Gasteiger partial charge in [0.25, 0.3) is 0 Å². The van der Waals surface area contributed by atoms with Gasteiger partial charge in [0.2, 0.25) is 6.41 Å². The molecule has 0 aliphatic rings. The van der Waals surface area contributed by atoms with Gasteiger partial charge in [0.1, 0.15) is 0 Å². The van der Waals surface area contributed by atoms with Gasteiger partial charge in [-0.1, -0.05) is 12.7 Å². The summed E-state index contributed by atoms with van der Waals surface area (Å²) in [6, 6.07) is 0. The molecule has 0 fully saturated rings. The molecule has 0 bridgehead atoms. The average molecular weight is 111 g/mol. The molecule has 0 aliphatic heterocycles. The third-order valence-corrected chi connectivity index (χ3v) is 0.624. The van der Waals surface area contributed by atoms with Crippen molar-refractivity contribution in [2.45, 2.75) is 0 Å². The minimum absolute atomic E-state index is 0.722. The molecule has 0 radical (unpaired) electrons. The first-order valence-corrected chi connectivity index (χ1v) is 2.27. The van der Waals surface area contributed by atoms with Crippen molar-refractivity contribution < 1.29 is 4.79 Å². The molecule has 0 saturated carbocycles. The minimum atomic E-state index is 0.722. The Morgan fingerprint density at radius 1 is 1.62 bits per heavy atom. The van der Waals surface area contributed by atoms with Crippen molar-refractivity contribution in [3.63, 3.8) is 0 Å². The Kier molecular flexibility index (Phi) is 3.58. The van der Waals surface area contributed by atoms with Crippen LogP contribution in [-0.4, -0.2) is 18.4 Å². The van der Waals surface area contributed by atoms with E-state index >= 15 is 0 Å². The van der Waals surface area contributed by atoms with E-state index < -0.39 is 0 Å². The second-order valence-corrected chi connectivity index (χ2v) is 1.35. The third kappa shape index (κ3) is 3.15. The van der Waals surface area contributed by atoms with Gasteiger partial charge in [0, 0.05) is 13.2 Å². The van der Waals surface area contributed by atoms with Crippen molar-refractivity contribution in [3.8, 4) is 0 Å². The lowest BCUT2D eigenvalue weighted by Crippen LogP contribution is -2.05. The van der Waals surface area contributed by atoms with Crippen LogP contribution in [0.4, 0.5) is 0 Å². The summed E-state index contributed by atoms with van der Waals surface area (Å²) >= 11 is 0. The van der Waals surface area contributed by atoms with Crippen LogP contribution in [0.15, 0.2) is 24.9 Å². The number of nitrogens with zero attached hydrogens (tertiary/aromatic N) is 1. The van der Waals surface area contributed by atoms with Crippen LogP contribution in [0, 0.1) is 0 Å². The first-order valence-electron chi connectivity index (χ1n) is 2.27. The standard InChI is InChI=1S/C6H9NO/c1-3-4-5-7(2)6-8/h3-6H,1H2,2H3. The molecule has 0 aliphatic carbocycles. The summed E-state index contributed by atoms with van der Waals surface area (Å²) in [6.07, 6.45) is 5.65. The Labute approximate surface area is 49.1 Å². The highest BCUT2D eigenvalue weighted by atomic mass is 16.1. The number of carbonyl (C=O) groups is 1. The predicted molar refractivity (Wildman–Crippen MR) is 33.2 cm³/mol. The van der Waals surface area contributed by atoms with E-state index in [0.29, 0.717) is 0 Å². The highest BCUT2D eigenvalue weighted by Crippen LogP contribution is 1.76. The van der Waals surface area contributed by atoms with E-state index in [1.165, 1.54) is 4.90 Å². The molecule has 0 N–H and O–H groups in total. The Hall–Kier alpha value is -1.05. The lowest BCUT2D eigenvalue weighted by molar-refractivity contribution is -0.114. The zero-order valence-electron chi connectivity index (χ0n) is 4.87. The van der Waals surface area contributed by atoms with Gasteiger partial charge in [-0.05, 0) is 6.08 Å². The van der Waals surface area contributed by atoms with Gasteiger partial charge in [-0.25, -0.2) is 0 Å². The summed E-state index contributed by atoms with van der Waals surface area (Å²) in [7, 11) is 1.66. The first kappa shape index (κ1) is 6.95. The molecular formula is C6H9NO. The molecule has 0 aromatic rings. The molecule has 0 spiro atoms. The molecule has 0 saturated heterocycles. The average Bonchev–Trinajstić information content (AvgIpc) is 1.83. The van der Waals surface area contributed by atoms with Gasteiger partial charge in [-0.3, -0.25) is 4.79 Å². The van der Waals surface area contributed by atoms with Gasteiger partial charge in [0.05, 0.1) is 0 Å². The fourth-order valence-corrected chi connectivity index (χ4v) is 0.232. The van der Waals surface area contributed by atoms with Crippen LogP contribution in [0.5, 0.6) is 0 Å². The smallest absolute Gasteiger partial charge is 0.213 e. The summed E-state index contributed by atoms with van der Waals surface area (Å²) < 4.78 is 0. The van der Waals surface area contributed by atoms with E-state index in [1.54, 1.807) is 25.4 Å². The number of hydrogen-bond donors (Lipinski definition) is 0. The molecule has 0 atom stereocenters. The minimum Gasteiger partial charge on any atom is -0.325 e. The number of hydrogen-bond acceptors (Lipinski definition) is 1. The monoisotopic (exact) mass is 111 g/mol. The quantitative estimate of drug-likeness (QED) is 0.389. The van der Waals surface area contributed by atoms with Crippen LogP contribution >= 0.6 is 0 Å². The Bertz CT molecular complexity index is 107. The van der Waals surface area contributed by atoms with Gasteiger partial charge in [-0.2, -0.15) is 0 Å². The predicted octanol–water partition coefficient (Wildman–Crippen LogP) is 0.774. The first-order chi connectivity index (χ1) is 3.81. The summed E-state index contributed by atoms with van der Waals surface area (Å²) in [5.41, 5.74) is 0. The van der Waals surface area contributed by atoms with Crippen molar-refractivity contribution in [3.05, 3.63) is 24.9 Å². The van der Waals surface area contributed by atoms with Gasteiger partial charge < -0.3 is 4.90 Å². The molecular weight excluding hydrogens is 102 g/mol. The van der Waals surface area contributed by atoms with Crippen molar-refractivity contribution in [1.29, 1.82) is 0 Å². The second kappa shape index (κ2) is 4.12. The van der Waals surface area contributed by atoms with Crippen LogP contribution in [0.2, 0.25) is 0 Å². The number of rotatable bonds is 3. The maximum Gasteiger partial charge on any atom is 0.213 e. The van der Waals surface area contributed by atoms with Crippen LogP contribution < -0.4 is 0 Å². The second-order valence-electron chi connectivity index (χ2n) is 1.35. The molecule has 44 valence electrons. The summed E-state index contributed by atoms with van der Waals surface area (Å²) in [5.74, 6) is 0. The summed E-state index contributed by atoms with van der Waals surface area (Å²) in [4.78, 5) is 11.3. The van der Waals surface area contributed by atoms with Gasteiger partial charge >= 0.3 is 0 Å². The number of amides is 1. The molecule has 2 nitrogen and oxygen atoms in total. The molecule has 1 amide bonds. The number of carbonyl (C=O) groups excluding carboxylic acids is 1. The molecule has 0 heterocycles. The highest BCUT2D eigenvalue weighted by Gasteiger charge is 1.77. The maximum absolute atomic E-state index is 9.85. The molecule has 0 aromatic carbocycles. The van der Waals surface area contributed by atoms with Crippen molar-refractivity contribution in [2.75, 3.05) is 7.05 Å². The lowest BCUT2D eigenvalue weighted by atomic mass is 10.6. The van der Waals surface area contributed by atoms with Crippen LogP contribution in [0.1, 0.15) is 0 Å². The molecule has 0 unspecified atom stereocenters. The Morgan fingerprint density at radius 2 is 2.25 bits per heavy atom. The lowest BCUT2D eigenvalue weighted by Gasteiger charge is -1.98. The normalized spacial score (nSPS) is 9.12. The molecule has 0 rings (SSSR count). The number of allylic oxidation sites excluding steroid dienone is 2. The van der Waals surface area contributed by atoms with Gasteiger partial charge in [0.15, 0.2) is 0 Å². The topological polar surface area (TPSA) is 20.3 Å². The van der Waals surface area contributed by atoms with Crippen molar-refractivity contribution in [1.82, 2.24) is 4.90 Å². The van der Waals surface area contributed by atoms with E-state index in [2.05, 4.69) is 6.58 Å². The van der Waals surface area contributed by atoms with Crippen LogP contribution in [0.3, 0.4) is 0 Å². The largest absolute Gasteiger partial charge is 0.325 e. The van der Waals surface area contributed by atoms with Crippen molar-refractivity contribution in [2.24, 2.45) is 0 Å². The van der Waals surface area contributed by atoms with Crippen LogP contribution in [0.25, 0.3) is 0 Å². The van der Waals surface area contributed by atoms with Crippen LogP contribution in [-0.2, 0) is 4.79 Å². The fraction of sp³-hybridized carbons (Fsp3) is 0.167. The molecule has 8 heavy (non-hydrogen) atoms. The van der Waals surface area contributed by atoms with E-state index in [4.69, 9.17) is 0 Å². The molecule has 0 aromatic heterocycles. The van der Waals surface area contributed by atoms with E-state index in [9.17, 15) is 4.79 Å². The Balaban J connectivity index is 3.50. The molecule has 2 heteroatoms. The Morgan fingerprint density at radius 3 is 2.62 bits per heavy atom. The van der Waals surface area contributed by atoms with Crippen molar-refractivity contribution >= 4 is 6.41 Å². The fourth-order valence-electron chi connectivity index (χ4n) is 0.232. The highest BCUT2D eigenvalue weighted by molar-refractivity contribution is 5.48. The van der Waals surface area contributed by atoms with E-state index in [1.807, 2.05) is 0 Å². The van der Waals surface area contributed by atoms with E-state index in [-0.39, 0.29) is 0 Å². The zero-order chi connectivity index (χ0) is 6.41. The zero-order valence-corrected chi connectivity index (χ0v) is 4.87. The SMILES string of the molecule is C=CC=CN(C)C=O. The maximum atomic E-state index is 9.85. The summed E-state index contributed by atoms with van der Waals surface area (Å²) in [5, 5.41) is 0. The van der Waals surface area contributed by atoms with Gasteiger partial charge in [-0.15, -0.1) is 0 Å². The third-order valence-electron chi connectivity index (χ3n) is 0.624. The van der Waals surface area contributed by atoms with E-state index in [0.717, 1.165) is 6.41 Å². The summed E-state index contributed by atoms with van der Waals surface area (Å²) in [6.45, 7) is 3.44.